The van der Waals surface area contributed by atoms with Gasteiger partial charge in [0.1, 0.15) is 5.82 Å². The number of hydrogen-bond donors (Lipinski definition) is 1. The first kappa shape index (κ1) is 12.2. The van der Waals surface area contributed by atoms with Crippen molar-refractivity contribution in [2.75, 3.05) is 6.54 Å². The van der Waals surface area contributed by atoms with E-state index in [1.807, 2.05) is 6.07 Å². The third kappa shape index (κ3) is 2.44. The molecule has 2 aliphatic rings. The van der Waals surface area contributed by atoms with Gasteiger partial charge in [-0.25, -0.2) is 4.39 Å². The quantitative estimate of drug-likeness (QED) is 0.833. The van der Waals surface area contributed by atoms with Crippen molar-refractivity contribution in [2.45, 2.75) is 51.0 Å². The monoisotopic (exact) mass is 247 g/mol. The second kappa shape index (κ2) is 4.65. The Kier molecular flexibility index (Phi) is 3.14. The third-order valence-corrected chi connectivity index (χ3v) is 4.93. The summed E-state index contributed by atoms with van der Waals surface area (Å²) in [6.45, 7) is 3.48. The standard InChI is InChI=1S/C16H22FN/c1-2-16(6-7-16)11-18-15-9-13(10-15)12-4-3-5-14(17)8-12/h3-5,8,13,15,18H,2,6-7,9-11H2,1H3. The van der Waals surface area contributed by atoms with Crippen molar-refractivity contribution in [3.05, 3.63) is 35.6 Å². The molecule has 2 saturated carbocycles. The van der Waals surface area contributed by atoms with E-state index < -0.39 is 0 Å². The van der Waals surface area contributed by atoms with E-state index in [-0.39, 0.29) is 5.82 Å². The van der Waals surface area contributed by atoms with Crippen LogP contribution in [0, 0.1) is 11.2 Å². The zero-order valence-electron chi connectivity index (χ0n) is 11.1. The molecular weight excluding hydrogens is 225 g/mol. The van der Waals surface area contributed by atoms with Gasteiger partial charge in [0.2, 0.25) is 0 Å². The maximum Gasteiger partial charge on any atom is 0.123 e. The molecule has 0 aliphatic heterocycles. The zero-order chi connectivity index (χ0) is 12.6. The van der Waals surface area contributed by atoms with Crippen LogP contribution in [0.15, 0.2) is 24.3 Å². The van der Waals surface area contributed by atoms with E-state index in [9.17, 15) is 4.39 Å². The summed E-state index contributed by atoms with van der Waals surface area (Å²) in [6.07, 6.45) is 6.44. The Morgan fingerprint density at radius 1 is 1.33 bits per heavy atom. The van der Waals surface area contributed by atoms with E-state index >= 15 is 0 Å². The molecule has 98 valence electrons. The lowest BCUT2D eigenvalue weighted by atomic mass is 9.75. The Balaban J connectivity index is 1.46. The molecule has 0 bridgehead atoms. The highest BCUT2D eigenvalue weighted by Crippen LogP contribution is 2.48. The minimum Gasteiger partial charge on any atom is -0.313 e. The van der Waals surface area contributed by atoms with Crippen LogP contribution in [-0.4, -0.2) is 12.6 Å². The van der Waals surface area contributed by atoms with Crippen LogP contribution in [0.2, 0.25) is 0 Å². The molecule has 2 aliphatic carbocycles. The van der Waals surface area contributed by atoms with Crippen LogP contribution in [0.3, 0.4) is 0 Å². The normalized spacial score (nSPS) is 28.8. The molecular formula is C16H22FN. The van der Waals surface area contributed by atoms with Crippen LogP contribution in [0.25, 0.3) is 0 Å². The van der Waals surface area contributed by atoms with Crippen molar-refractivity contribution in [1.29, 1.82) is 0 Å². The molecule has 0 aromatic heterocycles. The number of rotatable bonds is 5. The highest BCUT2D eigenvalue weighted by Gasteiger charge is 2.41. The maximum atomic E-state index is 13.1. The Morgan fingerprint density at radius 2 is 2.11 bits per heavy atom. The van der Waals surface area contributed by atoms with Crippen LogP contribution in [-0.2, 0) is 0 Å². The molecule has 0 saturated heterocycles. The summed E-state index contributed by atoms with van der Waals surface area (Å²) >= 11 is 0. The van der Waals surface area contributed by atoms with Crippen molar-refractivity contribution in [1.82, 2.24) is 5.32 Å². The Morgan fingerprint density at radius 3 is 2.72 bits per heavy atom. The fourth-order valence-electron chi connectivity index (χ4n) is 3.01. The van der Waals surface area contributed by atoms with E-state index in [0.717, 1.165) is 0 Å². The number of nitrogens with one attached hydrogen (secondary N) is 1. The van der Waals surface area contributed by atoms with Crippen molar-refractivity contribution in [3.63, 3.8) is 0 Å². The Hall–Kier alpha value is -0.890. The highest BCUT2D eigenvalue weighted by molar-refractivity contribution is 5.23. The SMILES string of the molecule is CCC1(CNC2CC(c3cccc(F)c3)C2)CC1. The number of benzene rings is 1. The average molecular weight is 247 g/mol. The lowest BCUT2D eigenvalue weighted by Gasteiger charge is -2.37. The summed E-state index contributed by atoms with van der Waals surface area (Å²) in [4.78, 5) is 0. The first-order valence-electron chi connectivity index (χ1n) is 7.20. The van der Waals surface area contributed by atoms with Gasteiger partial charge < -0.3 is 5.32 Å². The van der Waals surface area contributed by atoms with Gasteiger partial charge in [-0.1, -0.05) is 19.1 Å². The van der Waals surface area contributed by atoms with Gasteiger partial charge in [-0.2, -0.15) is 0 Å². The van der Waals surface area contributed by atoms with Gasteiger partial charge in [0.15, 0.2) is 0 Å². The van der Waals surface area contributed by atoms with Gasteiger partial charge >= 0.3 is 0 Å². The summed E-state index contributed by atoms with van der Waals surface area (Å²) in [5.41, 5.74) is 1.80. The zero-order valence-corrected chi connectivity index (χ0v) is 11.1. The van der Waals surface area contributed by atoms with Crippen molar-refractivity contribution < 1.29 is 4.39 Å². The molecule has 0 unspecified atom stereocenters. The lowest BCUT2D eigenvalue weighted by Crippen LogP contribution is -2.42. The molecule has 1 aromatic rings. The fourth-order valence-corrected chi connectivity index (χ4v) is 3.01. The fraction of sp³-hybridized carbons (Fsp3) is 0.625. The van der Waals surface area contributed by atoms with Crippen molar-refractivity contribution in [2.24, 2.45) is 5.41 Å². The molecule has 1 N–H and O–H groups in total. The molecule has 2 heteroatoms. The van der Waals surface area contributed by atoms with Crippen molar-refractivity contribution in [3.8, 4) is 0 Å². The molecule has 2 fully saturated rings. The first-order valence-corrected chi connectivity index (χ1v) is 7.20. The van der Waals surface area contributed by atoms with Crippen LogP contribution < -0.4 is 5.32 Å². The molecule has 0 spiro atoms. The van der Waals surface area contributed by atoms with E-state index in [2.05, 4.69) is 18.3 Å². The number of hydrogen-bond acceptors (Lipinski definition) is 1. The predicted octanol–water partition coefficient (Wildman–Crippen LogP) is 3.85. The smallest absolute Gasteiger partial charge is 0.123 e. The minimum absolute atomic E-state index is 0.105. The van der Waals surface area contributed by atoms with Gasteiger partial charge in [0.25, 0.3) is 0 Å². The van der Waals surface area contributed by atoms with Gasteiger partial charge in [-0.3, -0.25) is 0 Å². The Labute approximate surface area is 109 Å². The van der Waals surface area contributed by atoms with Gasteiger partial charge in [-0.05, 0) is 61.1 Å². The van der Waals surface area contributed by atoms with Gasteiger partial charge in [0, 0.05) is 12.6 Å². The van der Waals surface area contributed by atoms with Crippen LogP contribution in [0.5, 0.6) is 0 Å². The molecule has 18 heavy (non-hydrogen) atoms. The second-order valence-corrected chi connectivity index (χ2v) is 6.15. The molecule has 0 heterocycles. The van der Waals surface area contributed by atoms with Gasteiger partial charge in [-0.15, -0.1) is 0 Å². The van der Waals surface area contributed by atoms with Crippen LogP contribution in [0.4, 0.5) is 4.39 Å². The summed E-state index contributed by atoms with van der Waals surface area (Å²) in [7, 11) is 0. The summed E-state index contributed by atoms with van der Waals surface area (Å²) < 4.78 is 13.1. The highest BCUT2D eigenvalue weighted by atomic mass is 19.1. The largest absolute Gasteiger partial charge is 0.313 e. The summed E-state index contributed by atoms with van der Waals surface area (Å²) in [6, 6.07) is 7.74. The topological polar surface area (TPSA) is 12.0 Å². The Bertz CT molecular complexity index is 419. The van der Waals surface area contributed by atoms with E-state index in [1.54, 1.807) is 6.07 Å². The first-order chi connectivity index (χ1) is 8.71. The average Bonchev–Trinajstić information content (AvgIpc) is 3.08. The molecule has 0 amide bonds. The van der Waals surface area contributed by atoms with E-state index in [1.165, 1.54) is 50.3 Å². The molecule has 3 rings (SSSR count). The van der Waals surface area contributed by atoms with Crippen LogP contribution in [0.1, 0.15) is 50.5 Å². The van der Waals surface area contributed by atoms with Crippen molar-refractivity contribution >= 4 is 0 Å². The molecule has 0 atom stereocenters. The lowest BCUT2D eigenvalue weighted by molar-refractivity contribution is 0.268. The minimum atomic E-state index is -0.105. The molecule has 1 nitrogen and oxygen atoms in total. The summed E-state index contributed by atoms with van der Waals surface area (Å²) in [5, 5.41) is 3.69. The van der Waals surface area contributed by atoms with Crippen LogP contribution >= 0.6 is 0 Å². The van der Waals surface area contributed by atoms with E-state index in [0.29, 0.717) is 17.4 Å². The van der Waals surface area contributed by atoms with E-state index in [4.69, 9.17) is 0 Å². The maximum absolute atomic E-state index is 13.1. The number of halogens is 1. The van der Waals surface area contributed by atoms with Gasteiger partial charge in [0.05, 0.1) is 0 Å². The summed E-state index contributed by atoms with van der Waals surface area (Å²) in [5.74, 6) is 0.460. The third-order valence-electron chi connectivity index (χ3n) is 4.93. The second-order valence-electron chi connectivity index (χ2n) is 6.15. The molecule has 1 aromatic carbocycles. The predicted molar refractivity (Wildman–Crippen MR) is 72.1 cm³/mol. The molecule has 0 radical (unpaired) electrons.